The highest BCUT2D eigenvalue weighted by molar-refractivity contribution is 5.95. The minimum Gasteiger partial charge on any atom is -0.497 e. The zero-order chi connectivity index (χ0) is 11.5. The minimum atomic E-state index is -0.360. The van der Waals surface area contributed by atoms with E-state index in [1.54, 1.807) is 13.2 Å². The van der Waals surface area contributed by atoms with Gasteiger partial charge in [-0.3, -0.25) is 4.79 Å². The average molecular weight is 219 g/mol. The molecule has 16 heavy (non-hydrogen) atoms. The molecule has 0 spiro atoms. The Labute approximate surface area is 95.6 Å². The summed E-state index contributed by atoms with van der Waals surface area (Å²) in [5, 5.41) is 0. The summed E-state index contributed by atoms with van der Waals surface area (Å²) in [5.41, 5.74) is 7.12. The van der Waals surface area contributed by atoms with Crippen molar-refractivity contribution in [1.29, 1.82) is 0 Å². The number of hydrogen-bond donors (Lipinski definition) is 1. The fourth-order valence-corrected chi connectivity index (χ4v) is 2.47. The number of carbonyl (C=O) groups excluding carboxylic acids is 1. The number of hydrogen-bond acceptors (Lipinski definition) is 2. The zero-order valence-corrected chi connectivity index (χ0v) is 9.53. The van der Waals surface area contributed by atoms with E-state index < -0.39 is 0 Å². The van der Waals surface area contributed by atoms with Gasteiger partial charge in [0.05, 0.1) is 7.11 Å². The predicted molar refractivity (Wildman–Crippen MR) is 62.7 cm³/mol. The fraction of sp³-hybridized carbons (Fsp3) is 0.462. The number of rotatable bonds is 3. The monoisotopic (exact) mass is 219 g/mol. The molecule has 0 saturated heterocycles. The molecule has 1 aromatic carbocycles. The second-order valence-electron chi connectivity index (χ2n) is 4.30. The lowest BCUT2D eigenvalue weighted by Crippen LogP contribution is -2.15. The van der Waals surface area contributed by atoms with Crippen molar-refractivity contribution in [3.8, 4) is 5.75 Å². The summed E-state index contributed by atoms with van der Waals surface area (Å²) in [5.74, 6) is 0.824. The van der Waals surface area contributed by atoms with E-state index in [9.17, 15) is 4.79 Å². The number of carbonyl (C=O) groups is 1. The van der Waals surface area contributed by atoms with Gasteiger partial charge in [-0.05, 0) is 36.5 Å². The summed E-state index contributed by atoms with van der Waals surface area (Å²) in [7, 11) is 1.59. The van der Waals surface area contributed by atoms with E-state index in [0.717, 1.165) is 18.4 Å². The largest absolute Gasteiger partial charge is 0.497 e. The van der Waals surface area contributed by atoms with E-state index in [-0.39, 0.29) is 5.91 Å². The second-order valence-corrected chi connectivity index (χ2v) is 4.30. The molecule has 1 aromatic rings. The number of ether oxygens (including phenoxy) is 1. The molecular formula is C13H17NO2. The van der Waals surface area contributed by atoms with Crippen LogP contribution in [0.15, 0.2) is 18.2 Å². The van der Waals surface area contributed by atoms with Crippen LogP contribution in [0.3, 0.4) is 0 Å². The van der Waals surface area contributed by atoms with E-state index in [2.05, 4.69) is 0 Å². The highest BCUT2D eigenvalue weighted by Gasteiger charge is 2.21. The van der Waals surface area contributed by atoms with Crippen LogP contribution in [0.1, 0.15) is 47.5 Å². The Bertz CT molecular complexity index is 395. The molecule has 0 unspecified atom stereocenters. The molecule has 3 nitrogen and oxygen atoms in total. The quantitative estimate of drug-likeness (QED) is 0.849. The normalized spacial score (nSPS) is 16.3. The van der Waals surface area contributed by atoms with Crippen molar-refractivity contribution in [2.75, 3.05) is 7.11 Å². The molecule has 2 rings (SSSR count). The zero-order valence-electron chi connectivity index (χ0n) is 9.53. The fourth-order valence-electron chi connectivity index (χ4n) is 2.47. The van der Waals surface area contributed by atoms with Gasteiger partial charge < -0.3 is 10.5 Å². The molecule has 0 atom stereocenters. The van der Waals surface area contributed by atoms with Gasteiger partial charge in [0.25, 0.3) is 0 Å². The third-order valence-corrected chi connectivity index (χ3v) is 3.32. The number of amides is 1. The number of primary amides is 1. The van der Waals surface area contributed by atoms with Crippen LogP contribution in [-0.2, 0) is 0 Å². The van der Waals surface area contributed by atoms with E-state index in [1.165, 1.54) is 12.8 Å². The molecule has 3 heteroatoms. The Morgan fingerprint density at radius 3 is 2.62 bits per heavy atom. The van der Waals surface area contributed by atoms with Crippen LogP contribution in [0.25, 0.3) is 0 Å². The Hall–Kier alpha value is -1.51. The maximum absolute atomic E-state index is 11.4. The van der Waals surface area contributed by atoms with Gasteiger partial charge >= 0.3 is 0 Å². The van der Waals surface area contributed by atoms with Crippen LogP contribution < -0.4 is 10.5 Å². The maximum atomic E-state index is 11.4. The SMILES string of the molecule is COc1ccc(C2CCCC2)c(C(N)=O)c1. The standard InChI is InChI=1S/C13H17NO2/c1-16-10-6-7-11(9-4-2-3-5-9)12(8-10)13(14)15/h6-9H,2-5H2,1H3,(H2,14,15). The van der Waals surface area contributed by atoms with Crippen molar-refractivity contribution in [3.63, 3.8) is 0 Å². The molecule has 2 N–H and O–H groups in total. The molecule has 1 saturated carbocycles. The molecule has 1 aliphatic rings. The van der Waals surface area contributed by atoms with E-state index in [0.29, 0.717) is 17.2 Å². The van der Waals surface area contributed by atoms with Gasteiger partial charge in [-0.2, -0.15) is 0 Å². The third kappa shape index (κ3) is 2.03. The van der Waals surface area contributed by atoms with Crippen molar-refractivity contribution in [1.82, 2.24) is 0 Å². The lowest BCUT2D eigenvalue weighted by atomic mass is 9.92. The molecule has 1 fully saturated rings. The number of methoxy groups -OCH3 is 1. The summed E-state index contributed by atoms with van der Waals surface area (Å²) in [6.07, 6.45) is 4.81. The molecular weight excluding hydrogens is 202 g/mol. The second kappa shape index (κ2) is 4.56. The number of benzene rings is 1. The van der Waals surface area contributed by atoms with Crippen LogP contribution in [-0.4, -0.2) is 13.0 Å². The van der Waals surface area contributed by atoms with Crippen LogP contribution in [0.5, 0.6) is 5.75 Å². The molecule has 1 amide bonds. The molecule has 86 valence electrons. The highest BCUT2D eigenvalue weighted by atomic mass is 16.5. The Balaban J connectivity index is 2.39. The molecule has 0 heterocycles. The molecule has 0 aromatic heterocycles. The molecule has 0 aliphatic heterocycles. The minimum absolute atomic E-state index is 0.360. The van der Waals surface area contributed by atoms with Gasteiger partial charge in [0.15, 0.2) is 0 Å². The Morgan fingerprint density at radius 2 is 2.06 bits per heavy atom. The lowest BCUT2D eigenvalue weighted by Gasteiger charge is -2.14. The Kier molecular flexibility index (Phi) is 3.13. The van der Waals surface area contributed by atoms with Gasteiger partial charge in [0, 0.05) is 5.56 Å². The van der Waals surface area contributed by atoms with Gasteiger partial charge in [0.2, 0.25) is 5.91 Å². The lowest BCUT2D eigenvalue weighted by molar-refractivity contribution is 0.0998. The van der Waals surface area contributed by atoms with Gasteiger partial charge in [-0.1, -0.05) is 18.9 Å². The summed E-state index contributed by atoms with van der Waals surface area (Å²) in [6, 6.07) is 5.63. The first-order valence-electron chi connectivity index (χ1n) is 5.70. The number of nitrogens with two attached hydrogens (primary N) is 1. The topological polar surface area (TPSA) is 52.3 Å². The van der Waals surface area contributed by atoms with E-state index >= 15 is 0 Å². The van der Waals surface area contributed by atoms with Gasteiger partial charge in [-0.25, -0.2) is 0 Å². The van der Waals surface area contributed by atoms with Crippen molar-refractivity contribution < 1.29 is 9.53 Å². The first-order chi connectivity index (χ1) is 7.72. The van der Waals surface area contributed by atoms with E-state index in [4.69, 9.17) is 10.5 Å². The molecule has 1 aliphatic carbocycles. The smallest absolute Gasteiger partial charge is 0.249 e. The van der Waals surface area contributed by atoms with E-state index in [1.807, 2.05) is 12.1 Å². The average Bonchev–Trinajstić information content (AvgIpc) is 2.81. The van der Waals surface area contributed by atoms with Crippen molar-refractivity contribution >= 4 is 5.91 Å². The third-order valence-electron chi connectivity index (χ3n) is 3.32. The highest BCUT2D eigenvalue weighted by Crippen LogP contribution is 2.36. The first-order valence-corrected chi connectivity index (χ1v) is 5.70. The predicted octanol–water partition coefficient (Wildman–Crippen LogP) is 2.45. The summed E-state index contributed by atoms with van der Waals surface area (Å²) >= 11 is 0. The van der Waals surface area contributed by atoms with Crippen LogP contribution in [0, 0.1) is 0 Å². The molecule has 0 radical (unpaired) electrons. The van der Waals surface area contributed by atoms with Crippen LogP contribution in [0.2, 0.25) is 0 Å². The van der Waals surface area contributed by atoms with Crippen LogP contribution >= 0.6 is 0 Å². The summed E-state index contributed by atoms with van der Waals surface area (Å²) in [6.45, 7) is 0. The van der Waals surface area contributed by atoms with Crippen molar-refractivity contribution in [3.05, 3.63) is 29.3 Å². The van der Waals surface area contributed by atoms with Crippen molar-refractivity contribution in [2.45, 2.75) is 31.6 Å². The summed E-state index contributed by atoms with van der Waals surface area (Å²) < 4.78 is 5.11. The molecule has 0 bridgehead atoms. The Morgan fingerprint density at radius 1 is 1.38 bits per heavy atom. The first kappa shape index (κ1) is 11.0. The van der Waals surface area contributed by atoms with Crippen molar-refractivity contribution in [2.24, 2.45) is 5.73 Å². The van der Waals surface area contributed by atoms with Gasteiger partial charge in [0.1, 0.15) is 5.75 Å². The van der Waals surface area contributed by atoms with Crippen LogP contribution in [0.4, 0.5) is 0 Å². The summed E-state index contributed by atoms with van der Waals surface area (Å²) in [4.78, 5) is 11.4. The maximum Gasteiger partial charge on any atom is 0.249 e. The van der Waals surface area contributed by atoms with Gasteiger partial charge in [-0.15, -0.1) is 0 Å².